The summed E-state index contributed by atoms with van der Waals surface area (Å²) in [5, 5.41) is 3.04. The monoisotopic (exact) mass is 506 g/mol. The molecule has 0 aromatic heterocycles. The fourth-order valence-corrected chi connectivity index (χ4v) is 6.08. The highest BCUT2D eigenvalue weighted by Gasteiger charge is 2.35. The van der Waals surface area contributed by atoms with Crippen LogP contribution in [0.2, 0.25) is 0 Å². The zero-order valence-electron chi connectivity index (χ0n) is 20.9. The van der Waals surface area contributed by atoms with Crippen molar-refractivity contribution in [1.29, 1.82) is 0 Å². The van der Waals surface area contributed by atoms with Crippen molar-refractivity contribution in [3.8, 4) is 0 Å². The van der Waals surface area contributed by atoms with Gasteiger partial charge in [-0.15, -0.1) is 0 Å². The second-order valence-corrected chi connectivity index (χ2v) is 11.5. The molecular formula is C29H34N2O4S. The number of sulfonamides is 1. The maximum atomic E-state index is 13.6. The molecule has 7 heteroatoms. The van der Waals surface area contributed by atoms with Gasteiger partial charge >= 0.3 is 0 Å². The van der Waals surface area contributed by atoms with E-state index in [1.807, 2.05) is 30.3 Å². The number of anilines is 1. The van der Waals surface area contributed by atoms with Gasteiger partial charge in [0.05, 0.1) is 10.6 Å². The van der Waals surface area contributed by atoms with E-state index in [4.69, 9.17) is 4.74 Å². The number of carbonyl (C=O) groups is 1. The van der Waals surface area contributed by atoms with Gasteiger partial charge in [-0.1, -0.05) is 74.5 Å². The molecule has 1 fully saturated rings. The molecule has 0 radical (unpaired) electrons. The van der Waals surface area contributed by atoms with Gasteiger partial charge in [0, 0.05) is 25.2 Å². The van der Waals surface area contributed by atoms with Crippen LogP contribution in [-0.4, -0.2) is 40.6 Å². The normalized spacial score (nSPS) is 15.4. The number of ether oxygens (including phenoxy) is 1. The molecule has 0 spiro atoms. The molecule has 1 amide bonds. The molecule has 6 nitrogen and oxygen atoms in total. The molecule has 0 saturated carbocycles. The van der Waals surface area contributed by atoms with Gasteiger partial charge in [0.2, 0.25) is 5.91 Å². The lowest BCUT2D eigenvalue weighted by Gasteiger charge is -2.38. The smallest absolute Gasteiger partial charge is 0.264 e. The molecule has 0 unspecified atom stereocenters. The van der Waals surface area contributed by atoms with E-state index in [2.05, 4.69) is 31.3 Å². The molecule has 1 N–H and O–H groups in total. The largest absolute Gasteiger partial charge is 0.381 e. The molecular weight excluding hydrogens is 472 g/mol. The minimum Gasteiger partial charge on any atom is -0.381 e. The van der Waals surface area contributed by atoms with Gasteiger partial charge in [0.15, 0.2) is 0 Å². The average molecular weight is 507 g/mol. The van der Waals surface area contributed by atoms with E-state index in [0.717, 1.165) is 24.0 Å². The zero-order valence-corrected chi connectivity index (χ0v) is 21.7. The van der Waals surface area contributed by atoms with Gasteiger partial charge in [0.25, 0.3) is 10.0 Å². The Kier molecular flexibility index (Phi) is 8.11. The number of nitrogens with zero attached hydrogens (tertiary/aromatic N) is 1. The van der Waals surface area contributed by atoms with Crippen LogP contribution in [0.1, 0.15) is 43.7 Å². The van der Waals surface area contributed by atoms with Crippen LogP contribution < -0.4 is 9.62 Å². The average Bonchev–Trinajstić information content (AvgIpc) is 2.92. The summed E-state index contributed by atoms with van der Waals surface area (Å²) in [6, 6.07) is 25.8. The topological polar surface area (TPSA) is 75.7 Å². The van der Waals surface area contributed by atoms with Crippen molar-refractivity contribution in [2.24, 2.45) is 0 Å². The Morgan fingerprint density at radius 3 is 2.08 bits per heavy atom. The fraction of sp³-hybridized carbons (Fsp3) is 0.345. The van der Waals surface area contributed by atoms with Crippen molar-refractivity contribution < 1.29 is 17.9 Å². The first-order valence-corrected chi connectivity index (χ1v) is 13.8. The van der Waals surface area contributed by atoms with E-state index in [1.54, 1.807) is 42.5 Å². The summed E-state index contributed by atoms with van der Waals surface area (Å²) in [6.45, 7) is 5.53. The molecule has 0 bridgehead atoms. The molecule has 1 aliphatic rings. The number of carbonyl (C=O) groups excluding carboxylic acids is 1. The Morgan fingerprint density at radius 2 is 1.50 bits per heavy atom. The summed E-state index contributed by atoms with van der Waals surface area (Å²) in [4.78, 5) is 13.4. The quantitative estimate of drug-likeness (QED) is 0.449. The van der Waals surface area contributed by atoms with Crippen LogP contribution in [0.15, 0.2) is 89.8 Å². The van der Waals surface area contributed by atoms with Gasteiger partial charge in [-0.25, -0.2) is 8.42 Å². The minimum absolute atomic E-state index is 0.149. The standard InChI is InChI=1S/C29H34N2O4S/c1-23(2)24-13-15-26(16-14-24)31(36(33,34)27-11-7-4-8-12-27)21-28(32)30-22-29(17-19-35-20-18-29)25-9-5-3-6-10-25/h3-16,23H,17-22H2,1-2H3,(H,30,32). The number of benzene rings is 3. The lowest BCUT2D eigenvalue weighted by atomic mass is 9.74. The van der Waals surface area contributed by atoms with Crippen molar-refractivity contribution in [2.75, 3.05) is 30.6 Å². The van der Waals surface area contributed by atoms with Crippen molar-refractivity contribution in [1.82, 2.24) is 5.32 Å². The maximum absolute atomic E-state index is 13.6. The van der Waals surface area contributed by atoms with Crippen molar-refractivity contribution in [2.45, 2.75) is 42.9 Å². The highest BCUT2D eigenvalue weighted by atomic mass is 32.2. The molecule has 4 rings (SSSR count). The summed E-state index contributed by atoms with van der Waals surface area (Å²) in [6.07, 6.45) is 1.58. The third-order valence-corrected chi connectivity index (χ3v) is 8.71. The number of hydrogen-bond acceptors (Lipinski definition) is 4. The summed E-state index contributed by atoms with van der Waals surface area (Å²) in [5.74, 6) is -0.0283. The first-order valence-electron chi connectivity index (χ1n) is 12.4. The second-order valence-electron chi connectivity index (χ2n) is 9.61. The van der Waals surface area contributed by atoms with Crippen LogP contribution in [0.25, 0.3) is 0 Å². The minimum atomic E-state index is -3.94. The number of nitrogens with one attached hydrogen (secondary N) is 1. The second kappa shape index (κ2) is 11.3. The van der Waals surface area contributed by atoms with Crippen LogP contribution in [0.4, 0.5) is 5.69 Å². The summed E-state index contributed by atoms with van der Waals surface area (Å²) in [5.41, 5.74) is 2.48. The molecule has 190 valence electrons. The Balaban J connectivity index is 1.58. The predicted octanol–water partition coefficient (Wildman–Crippen LogP) is 4.87. The van der Waals surface area contributed by atoms with Gasteiger partial charge in [-0.05, 0) is 54.2 Å². The number of hydrogen-bond donors (Lipinski definition) is 1. The van der Waals surface area contributed by atoms with E-state index >= 15 is 0 Å². The number of rotatable bonds is 9. The molecule has 36 heavy (non-hydrogen) atoms. The van der Waals surface area contributed by atoms with E-state index in [0.29, 0.717) is 31.4 Å². The van der Waals surface area contributed by atoms with E-state index in [1.165, 1.54) is 4.31 Å². The zero-order chi connectivity index (χ0) is 25.6. The van der Waals surface area contributed by atoms with Crippen molar-refractivity contribution in [3.63, 3.8) is 0 Å². The van der Waals surface area contributed by atoms with E-state index in [9.17, 15) is 13.2 Å². The van der Waals surface area contributed by atoms with Gasteiger partial charge in [-0.3, -0.25) is 9.10 Å². The Labute approximate surface area is 214 Å². The maximum Gasteiger partial charge on any atom is 0.264 e. The molecule has 1 aliphatic heterocycles. The molecule has 1 heterocycles. The first kappa shape index (κ1) is 25.9. The van der Waals surface area contributed by atoms with Crippen LogP contribution in [-0.2, 0) is 25.0 Å². The lowest BCUT2D eigenvalue weighted by molar-refractivity contribution is -0.120. The third-order valence-electron chi connectivity index (χ3n) is 6.93. The summed E-state index contributed by atoms with van der Waals surface area (Å²) >= 11 is 0. The molecule has 3 aromatic rings. The lowest BCUT2D eigenvalue weighted by Crippen LogP contribution is -2.48. The van der Waals surface area contributed by atoms with Gasteiger partial charge < -0.3 is 10.1 Å². The predicted molar refractivity (Wildman–Crippen MR) is 143 cm³/mol. The van der Waals surface area contributed by atoms with Crippen LogP contribution in [0, 0.1) is 0 Å². The van der Waals surface area contributed by atoms with Crippen LogP contribution in [0.3, 0.4) is 0 Å². The van der Waals surface area contributed by atoms with Crippen molar-refractivity contribution >= 4 is 21.6 Å². The highest BCUT2D eigenvalue weighted by molar-refractivity contribution is 7.92. The Bertz CT molecular complexity index is 1240. The molecule has 0 atom stereocenters. The van der Waals surface area contributed by atoms with Crippen LogP contribution in [0.5, 0.6) is 0 Å². The SMILES string of the molecule is CC(C)c1ccc(N(CC(=O)NCC2(c3ccccc3)CCOCC2)S(=O)(=O)c2ccccc2)cc1. The van der Waals surface area contributed by atoms with E-state index < -0.39 is 10.0 Å². The Morgan fingerprint density at radius 1 is 0.917 bits per heavy atom. The molecule has 1 saturated heterocycles. The van der Waals surface area contributed by atoms with Gasteiger partial charge in [-0.2, -0.15) is 0 Å². The Hall–Kier alpha value is -3.16. The van der Waals surface area contributed by atoms with Gasteiger partial charge in [0.1, 0.15) is 6.54 Å². The highest BCUT2D eigenvalue weighted by Crippen LogP contribution is 2.34. The van der Waals surface area contributed by atoms with E-state index in [-0.39, 0.29) is 22.8 Å². The van der Waals surface area contributed by atoms with Crippen LogP contribution >= 0.6 is 0 Å². The third kappa shape index (κ3) is 5.79. The molecule has 0 aliphatic carbocycles. The number of amides is 1. The summed E-state index contributed by atoms with van der Waals surface area (Å²) < 4.78 is 34.0. The summed E-state index contributed by atoms with van der Waals surface area (Å²) in [7, 11) is -3.94. The van der Waals surface area contributed by atoms with Crippen molar-refractivity contribution in [3.05, 3.63) is 96.1 Å². The molecule has 3 aromatic carbocycles. The fourth-order valence-electron chi connectivity index (χ4n) is 4.64. The first-order chi connectivity index (χ1) is 17.3.